The van der Waals surface area contributed by atoms with E-state index in [-0.39, 0.29) is 11.4 Å². The highest BCUT2D eigenvalue weighted by molar-refractivity contribution is 5.72. The van der Waals surface area contributed by atoms with Gasteiger partial charge in [0, 0.05) is 30.1 Å². The Morgan fingerprint density at radius 3 is 2.42 bits per heavy atom. The maximum Gasteiger partial charge on any atom is 0.134 e. The summed E-state index contributed by atoms with van der Waals surface area (Å²) in [5, 5.41) is 8.90. The number of nitrogens with two attached hydrogens (primary N) is 1. The van der Waals surface area contributed by atoms with Crippen molar-refractivity contribution in [3.8, 4) is 22.5 Å². The van der Waals surface area contributed by atoms with Gasteiger partial charge < -0.3 is 5.73 Å². The zero-order valence-corrected chi connectivity index (χ0v) is 14.6. The van der Waals surface area contributed by atoms with Crippen LogP contribution in [0, 0.1) is 12.7 Å². The zero-order valence-electron chi connectivity index (χ0n) is 14.6. The normalized spacial score (nSPS) is 11.9. The number of aromatic nitrogens is 4. The predicted octanol–water partition coefficient (Wildman–Crippen LogP) is 3.74. The van der Waals surface area contributed by atoms with E-state index in [4.69, 9.17) is 10.8 Å². The van der Waals surface area contributed by atoms with Crippen LogP contribution in [0.3, 0.4) is 0 Å². The Kier molecular flexibility index (Phi) is 3.70. The molecule has 0 unspecified atom stereocenters. The van der Waals surface area contributed by atoms with Gasteiger partial charge in [0.25, 0.3) is 0 Å². The number of aryl methyl sites for hydroxylation is 2. The van der Waals surface area contributed by atoms with Crippen molar-refractivity contribution in [2.75, 3.05) is 5.73 Å². The molecule has 0 aliphatic rings. The molecule has 2 N–H and O–H groups in total. The monoisotopic (exact) mass is 327 g/mol. The molecule has 0 radical (unpaired) electrons. The third kappa shape index (κ3) is 2.79. The number of hydrogen-bond donors (Lipinski definition) is 1. The molecule has 0 aliphatic carbocycles. The summed E-state index contributed by atoms with van der Waals surface area (Å²) >= 11 is 0. The first-order chi connectivity index (χ1) is 11.2. The van der Waals surface area contributed by atoms with Crippen LogP contribution in [0.5, 0.6) is 0 Å². The highest BCUT2D eigenvalue weighted by Gasteiger charge is 2.24. The molecule has 126 valence electrons. The van der Waals surface area contributed by atoms with Crippen molar-refractivity contribution in [2.45, 2.75) is 33.2 Å². The number of nitrogen functional groups attached to an aromatic ring is 1. The lowest BCUT2D eigenvalue weighted by Crippen LogP contribution is -2.24. The minimum atomic E-state index is -0.337. The molecule has 24 heavy (non-hydrogen) atoms. The first kappa shape index (κ1) is 16.2. The summed E-state index contributed by atoms with van der Waals surface area (Å²) in [5.74, 6) is -0.337. The van der Waals surface area contributed by atoms with Gasteiger partial charge in [0.15, 0.2) is 0 Å². The maximum absolute atomic E-state index is 14.6. The van der Waals surface area contributed by atoms with Crippen LogP contribution in [0.15, 0.2) is 30.6 Å². The van der Waals surface area contributed by atoms with Gasteiger partial charge in [-0.25, -0.2) is 4.39 Å². The van der Waals surface area contributed by atoms with E-state index in [1.807, 2.05) is 51.7 Å². The lowest BCUT2D eigenvalue weighted by atomic mass is 10.0. The van der Waals surface area contributed by atoms with Crippen LogP contribution in [0.1, 0.15) is 26.3 Å². The molecule has 0 fully saturated rings. The van der Waals surface area contributed by atoms with E-state index in [0.29, 0.717) is 11.3 Å². The van der Waals surface area contributed by atoms with Crippen LogP contribution in [-0.2, 0) is 12.6 Å². The Balaban J connectivity index is 2.26. The van der Waals surface area contributed by atoms with Crippen LogP contribution in [-0.4, -0.2) is 19.6 Å². The van der Waals surface area contributed by atoms with Gasteiger partial charge in [0.1, 0.15) is 5.82 Å². The molecule has 3 rings (SSSR count). The van der Waals surface area contributed by atoms with Crippen LogP contribution < -0.4 is 5.73 Å². The summed E-state index contributed by atoms with van der Waals surface area (Å²) in [6.07, 6.45) is 3.65. The van der Waals surface area contributed by atoms with Crippen LogP contribution >= 0.6 is 0 Å². The van der Waals surface area contributed by atoms with E-state index in [9.17, 15) is 4.39 Å². The summed E-state index contributed by atoms with van der Waals surface area (Å²) in [5.41, 5.74) is 9.60. The van der Waals surface area contributed by atoms with Gasteiger partial charge in [-0.2, -0.15) is 10.2 Å². The van der Waals surface area contributed by atoms with E-state index in [0.717, 1.165) is 22.5 Å². The van der Waals surface area contributed by atoms with Crippen LogP contribution in [0.4, 0.5) is 10.1 Å². The Morgan fingerprint density at radius 2 is 1.88 bits per heavy atom. The Morgan fingerprint density at radius 1 is 1.17 bits per heavy atom. The fourth-order valence-electron chi connectivity index (χ4n) is 2.86. The van der Waals surface area contributed by atoms with E-state index >= 15 is 0 Å². The number of hydrogen-bond acceptors (Lipinski definition) is 3. The molecule has 0 saturated carbocycles. The summed E-state index contributed by atoms with van der Waals surface area (Å²) in [6.45, 7) is 7.99. The van der Waals surface area contributed by atoms with Gasteiger partial charge in [-0.1, -0.05) is 0 Å². The van der Waals surface area contributed by atoms with Crippen molar-refractivity contribution in [1.82, 2.24) is 19.6 Å². The van der Waals surface area contributed by atoms with Crippen molar-refractivity contribution in [1.29, 1.82) is 0 Å². The minimum Gasteiger partial charge on any atom is -0.399 e. The van der Waals surface area contributed by atoms with E-state index < -0.39 is 0 Å². The molecule has 0 bridgehead atoms. The van der Waals surface area contributed by atoms with Crippen molar-refractivity contribution in [3.05, 3.63) is 42.0 Å². The third-order valence-corrected chi connectivity index (χ3v) is 3.91. The van der Waals surface area contributed by atoms with Gasteiger partial charge in [-0.3, -0.25) is 9.36 Å². The quantitative estimate of drug-likeness (QED) is 0.729. The Bertz CT molecular complexity index is 876. The Labute approximate surface area is 140 Å². The van der Waals surface area contributed by atoms with Crippen molar-refractivity contribution in [3.63, 3.8) is 0 Å². The smallest absolute Gasteiger partial charge is 0.134 e. The molecule has 0 aliphatic heterocycles. The first-order valence-electron chi connectivity index (χ1n) is 7.82. The summed E-state index contributed by atoms with van der Waals surface area (Å²) < 4.78 is 18.2. The average molecular weight is 327 g/mol. The van der Waals surface area contributed by atoms with Gasteiger partial charge in [-0.05, 0) is 51.5 Å². The second kappa shape index (κ2) is 5.47. The van der Waals surface area contributed by atoms with Crippen molar-refractivity contribution in [2.24, 2.45) is 7.05 Å². The third-order valence-electron chi connectivity index (χ3n) is 3.91. The molecule has 1 aromatic carbocycles. The van der Waals surface area contributed by atoms with Crippen molar-refractivity contribution < 1.29 is 4.39 Å². The average Bonchev–Trinajstić information content (AvgIpc) is 3.03. The molecule has 0 amide bonds. The zero-order chi connectivity index (χ0) is 17.6. The topological polar surface area (TPSA) is 61.7 Å². The summed E-state index contributed by atoms with van der Waals surface area (Å²) in [6, 6.07) is 5.04. The highest BCUT2D eigenvalue weighted by atomic mass is 19.1. The fraction of sp³-hybridized carbons (Fsp3) is 0.333. The second-order valence-corrected chi connectivity index (χ2v) is 7.09. The largest absolute Gasteiger partial charge is 0.399 e. The molecule has 0 saturated heterocycles. The molecular formula is C18H22FN5. The van der Waals surface area contributed by atoms with E-state index in [1.54, 1.807) is 16.9 Å². The van der Waals surface area contributed by atoms with Gasteiger partial charge >= 0.3 is 0 Å². The molecule has 0 spiro atoms. The fourth-order valence-corrected chi connectivity index (χ4v) is 2.86. The number of rotatable bonds is 2. The first-order valence-corrected chi connectivity index (χ1v) is 7.82. The molecule has 3 aromatic rings. The van der Waals surface area contributed by atoms with E-state index in [2.05, 4.69) is 5.10 Å². The molecule has 2 aromatic heterocycles. The number of halogens is 1. The lowest BCUT2D eigenvalue weighted by molar-refractivity contribution is 0.360. The lowest BCUT2D eigenvalue weighted by Gasteiger charge is -2.23. The molecule has 2 heterocycles. The second-order valence-electron chi connectivity index (χ2n) is 7.09. The number of anilines is 1. The number of nitrogens with zero attached hydrogens (tertiary/aromatic N) is 4. The van der Waals surface area contributed by atoms with Crippen LogP contribution in [0.25, 0.3) is 22.5 Å². The van der Waals surface area contributed by atoms with Gasteiger partial charge in [0.2, 0.25) is 0 Å². The maximum atomic E-state index is 14.6. The highest BCUT2D eigenvalue weighted by Crippen LogP contribution is 2.34. The summed E-state index contributed by atoms with van der Waals surface area (Å²) in [7, 11) is 1.86. The molecule has 5 nitrogen and oxygen atoms in total. The number of benzene rings is 1. The predicted molar refractivity (Wildman–Crippen MR) is 94.0 cm³/mol. The van der Waals surface area contributed by atoms with Gasteiger partial charge in [-0.15, -0.1) is 0 Å². The SMILES string of the molecule is Cc1cc(N)cc(F)c1-c1cc(-c2cnn(C)c2)nn1C(C)(C)C. The van der Waals surface area contributed by atoms with Crippen LogP contribution in [0.2, 0.25) is 0 Å². The summed E-state index contributed by atoms with van der Waals surface area (Å²) in [4.78, 5) is 0. The Hall–Kier alpha value is -2.63. The van der Waals surface area contributed by atoms with Crippen molar-refractivity contribution >= 4 is 5.69 Å². The minimum absolute atomic E-state index is 0.296. The molecule has 0 atom stereocenters. The van der Waals surface area contributed by atoms with Gasteiger partial charge in [0.05, 0.1) is 23.1 Å². The van der Waals surface area contributed by atoms with E-state index in [1.165, 1.54) is 6.07 Å². The molecular weight excluding hydrogens is 305 g/mol. The molecule has 6 heteroatoms. The standard InChI is InChI=1S/C18H22FN5/c1-11-6-13(20)7-14(19)17(11)16-8-15(12-9-21-23(5)10-12)22-24(16)18(2,3)4/h6-10H,20H2,1-5H3.